The van der Waals surface area contributed by atoms with Crippen LogP contribution in [0.3, 0.4) is 0 Å². The van der Waals surface area contributed by atoms with Crippen LogP contribution < -0.4 is 5.32 Å². The van der Waals surface area contributed by atoms with Crippen LogP contribution in [0, 0.1) is 0 Å². The molecule has 10 heteroatoms. The predicted octanol–water partition coefficient (Wildman–Crippen LogP) is 0.469. The zero-order chi connectivity index (χ0) is 14.6. The molecular weight excluding hydrogens is 289 g/mol. The number of nitrogens with zero attached hydrogens (tertiary/aromatic N) is 1. The third-order valence-electron chi connectivity index (χ3n) is 2.47. The number of hydrogen-bond acceptors (Lipinski definition) is 4. The van der Waals surface area contributed by atoms with E-state index >= 15 is 0 Å². The maximum atomic E-state index is 11.8. The number of carboxylic acids is 1. The van der Waals surface area contributed by atoms with E-state index in [9.17, 15) is 27.9 Å². The third kappa shape index (κ3) is 5.15. The highest BCUT2D eigenvalue weighted by Crippen LogP contribution is 2.29. The Bertz CT molecular complexity index is 353. The molecule has 1 fully saturated rings. The molecule has 0 bridgehead atoms. The van der Waals surface area contributed by atoms with Gasteiger partial charge in [-0.3, -0.25) is 0 Å². The third-order valence-corrected chi connectivity index (χ3v) is 3.20. The van der Waals surface area contributed by atoms with E-state index in [1.807, 2.05) is 0 Å². The molecule has 0 aromatic carbocycles. The van der Waals surface area contributed by atoms with E-state index in [4.69, 9.17) is 5.11 Å². The first kappa shape index (κ1) is 15.9. The number of halogens is 3. The van der Waals surface area contributed by atoms with Gasteiger partial charge in [-0.1, -0.05) is 0 Å². The zero-order valence-electron chi connectivity index (χ0n) is 9.68. The van der Waals surface area contributed by atoms with E-state index < -0.39 is 29.7 Å². The van der Waals surface area contributed by atoms with E-state index in [2.05, 4.69) is 5.32 Å². The summed E-state index contributed by atoms with van der Waals surface area (Å²) in [7, 11) is 0. The van der Waals surface area contributed by atoms with E-state index in [0.717, 1.165) is 4.90 Å². The number of carboxylic acid groups (broad SMARTS) is 1. The molecular formula is C9H13F3N2O4S. The fraction of sp³-hybridized carbons (Fsp3) is 0.778. The molecule has 1 unspecified atom stereocenters. The van der Waals surface area contributed by atoms with Crippen LogP contribution in [0.25, 0.3) is 0 Å². The number of thioether (sulfide) groups is 1. The second-order valence-electron chi connectivity index (χ2n) is 3.92. The number of urea groups is 1. The highest BCUT2D eigenvalue weighted by atomic mass is 32.2. The number of carbonyl (C=O) groups excluding carboxylic acids is 1. The quantitative estimate of drug-likeness (QED) is 0.657. The van der Waals surface area contributed by atoms with Crippen molar-refractivity contribution in [3.05, 3.63) is 0 Å². The first-order valence-corrected chi connectivity index (χ1v) is 6.35. The van der Waals surface area contributed by atoms with Gasteiger partial charge < -0.3 is 20.4 Å². The van der Waals surface area contributed by atoms with Crippen molar-refractivity contribution in [3.8, 4) is 0 Å². The first-order chi connectivity index (χ1) is 8.70. The number of aliphatic hydroxyl groups is 1. The topological polar surface area (TPSA) is 89.9 Å². The molecule has 1 saturated heterocycles. The highest BCUT2D eigenvalue weighted by Gasteiger charge is 2.38. The number of nitrogens with one attached hydrogen (secondary N) is 1. The summed E-state index contributed by atoms with van der Waals surface area (Å²) in [5.74, 6) is -1.61. The summed E-state index contributed by atoms with van der Waals surface area (Å²) in [5, 5.41) is 20.3. The van der Waals surface area contributed by atoms with Gasteiger partial charge in [0.05, 0.1) is 6.10 Å². The van der Waals surface area contributed by atoms with Gasteiger partial charge in [0.25, 0.3) is 0 Å². The standard InChI is InChI=1S/C9H13F3N2O4S/c10-9(11,12)19-2-1-13-8(18)14-4-5(15)3-6(14)7(16)17/h5-6,15H,1-4H2,(H,13,18)(H,16,17)/t5?,6-/m0/s1. The number of alkyl halides is 3. The molecule has 2 amide bonds. The van der Waals surface area contributed by atoms with Gasteiger partial charge in [0.15, 0.2) is 0 Å². The summed E-state index contributed by atoms with van der Waals surface area (Å²) < 4.78 is 35.5. The largest absolute Gasteiger partial charge is 0.480 e. The molecule has 0 saturated carbocycles. The Morgan fingerprint density at radius 3 is 2.58 bits per heavy atom. The highest BCUT2D eigenvalue weighted by molar-refractivity contribution is 8.00. The molecule has 0 spiro atoms. The monoisotopic (exact) mass is 302 g/mol. The Morgan fingerprint density at radius 2 is 2.05 bits per heavy atom. The molecule has 0 aliphatic carbocycles. The summed E-state index contributed by atoms with van der Waals surface area (Å²) in [6.07, 6.45) is -1.02. The molecule has 0 aromatic heterocycles. The summed E-state index contributed by atoms with van der Waals surface area (Å²) in [4.78, 5) is 23.3. The number of aliphatic hydroxyl groups excluding tert-OH is 1. The van der Waals surface area contributed by atoms with E-state index in [1.54, 1.807) is 0 Å². The lowest BCUT2D eigenvalue weighted by Gasteiger charge is -2.21. The maximum absolute atomic E-state index is 11.8. The fourth-order valence-electron chi connectivity index (χ4n) is 1.70. The zero-order valence-corrected chi connectivity index (χ0v) is 10.5. The Hall–Kier alpha value is -1.16. The van der Waals surface area contributed by atoms with Crippen molar-refractivity contribution in [3.63, 3.8) is 0 Å². The van der Waals surface area contributed by atoms with Crippen molar-refractivity contribution in [2.24, 2.45) is 0 Å². The Labute approximate surface area is 110 Å². The van der Waals surface area contributed by atoms with Crippen molar-refractivity contribution in [1.29, 1.82) is 0 Å². The van der Waals surface area contributed by atoms with Gasteiger partial charge in [-0.2, -0.15) is 13.2 Å². The van der Waals surface area contributed by atoms with Crippen molar-refractivity contribution < 1.29 is 33.0 Å². The van der Waals surface area contributed by atoms with Crippen LogP contribution in [-0.2, 0) is 4.79 Å². The average Bonchev–Trinajstić information content (AvgIpc) is 2.65. The number of carbonyl (C=O) groups is 2. The summed E-state index contributed by atoms with van der Waals surface area (Å²) in [5.41, 5.74) is -4.36. The van der Waals surface area contributed by atoms with Crippen LogP contribution in [0.1, 0.15) is 6.42 Å². The lowest BCUT2D eigenvalue weighted by molar-refractivity contribution is -0.141. The molecule has 0 aromatic rings. The minimum absolute atomic E-state index is 0.0833. The molecule has 3 N–H and O–H groups in total. The van der Waals surface area contributed by atoms with Gasteiger partial charge in [0.1, 0.15) is 6.04 Å². The minimum Gasteiger partial charge on any atom is -0.480 e. The Morgan fingerprint density at radius 1 is 1.42 bits per heavy atom. The normalized spacial score (nSPS) is 23.5. The van der Waals surface area contributed by atoms with Gasteiger partial charge in [0.2, 0.25) is 0 Å². The van der Waals surface area contributed by atoms with Crippen molar-refractivity contribution in [2.75, 3.05) is 18.8 Å². The van der Waals surface area contributed by atoms with Crippen LogP contribution >= 0.6 is 11.8 Å². The van der Waals surface area contributed by atoms with E-state index in [0.29, 0.717) is 0 Å². The Balaban J connectivity index is 2.38. The number of amides is 2. The number of aliphatic carboxylic acids is 1. The maximum Gasteiger partial charge on any atom is 0.441 e. The van der Waals surface area contributed by atoms with Crippen molar-refractivity contribution in [1.82, 2.24) is 10.2 Å². The van der Waals surface area contributed by atoms with Crippen LogP contribution in [0.5, 0.6) is 0 Å². The summed E-state index contributed by atoms with van der Waals surface area (Å²) in [6.45, 7) is -0.378. The number of hydrogen-bond donors (Lipinski definition) is 3. The van der Waals surface area contributed by atoms with Gasteiger partial charge >= 0.3 is 17.5 Å². The second-order valence-corrected chi connectivity index (χ2v) is 5.08. The van der Waals surface area contributed by atoms with Crippen LogP contribution in [0.2, 0.25) is 0 Å². The van der Waals surface area contributed by atoms with Crippen LogP contribution in [0.15, 0.2) is 0 Å². The molecule has 19 heavy (non-hydrogen) atoms. The van der Waals surface area contributed by atoms with Gasteiger partial charge in [-0.05, 0) is 11.8 Å². The van der Waals surface area contributed by atoms with Gasteiger partial charge in [-0.25, -0.2) is 9.59 Å². The predicted molar refractivity (Wildman–Crippen MR) is 60.7 cm³/mol. The van der Waals surface area contributed by atoms with E-state index in [1.165, 1.54) is 0 Å². The summed E-state index contributed by atoms with van der Waals surface area (Å²) >= 11 is -0.273. The van der Waals surface area contributed by atoms with Crippen molar-refractivity contribution >= 4 is 23.8 Å². The van der Waals surface area contributed by atoms with E-state index in [-0.39, 0.29) is 37.0 Å². The minimum atomic E-state index is -4.36. The molecule has 0 radical (unpaired) electrons. The molecule has 1 aliphatic heterocycles. The smallest absolute Gasteiger partial charge is 0.441 e. The molecule has 2 atom stereocenters. The average molecular weight is 302 g/mol. The molecule has 6 nitrogen and oxygen atoms in total. The second kappa shape index (κ2) is 6.33. The SMILES string of the molecule is O=C(O)[C@@H]1CC(O)CN1C(=O)NCCSC(F)(F)F. The number of likely N-dealkylation sites (tertiary alicyclic amines) is 1. The fourth-order valence-corrected chi connectivity index (χ4v) is 2.13. The molecule has 1 aliphatic rings. The van der Waals surface area contributed by atoms with Crippen LogP contribution in [-0.4, -0.2) is 63.6 Å². The van der Waals surface area contributed by atoms with Gasteiger partial charge in [-0.15, -0.1) is 0 Å². The lowest BCUT2D eigenvalue weighted by atomic mass is 10.2. The first-order valence-electron chi connectivity index (χ1n) is 5.36. The molecule has 110 valence electrons. The summed E-state index contributed by atoms with van der Waals surface area (Å²) in [6, 6.07) is -1.93. The van der Waals surface area contributed by atoms with Gasteiger partial charge in [0, 0.05) is 25.3 Å². The Kier molecular flexibility index (Phi) is 5.29. The lowest BCUT2D eigenvalue weighted by Crippen LogP contribution is -2.46. The van der Waals surface area contributed by atoms with Crippen molar-refractivity contribution in [2.45, 2.75) is 24.1 Å². The molecule has 1 heterocycles. The number of β-amino-alcohol motifs (C(OH)–C–C–N with tert-alkyl or cyclic N) is 1. The number of rotatable bonds is 4. The molecule has 1 rings (SSSR count). The van der Waals surface area contributed by atoms with Crippen LogP contribution in [0.4, 0.5) is 18.0 Å².